The van der Waals surface area contributed by atoms with Crippen molar-refractivity contribution in [1.29, 1.82) is 0 Å². The molecule has 0 fully saturated rings. The number of nitrogens with one attached hydrogen (secondary N) is 1. The Morgan fingerprint density at radius 1 is 0.971 bits per heavy atom. The molecular formula is C27H22N6O. The number of carbonyl (C=O) groups is 1. The van der Waals surface area contributed by atoms with Gasteiger partial charge >= 0.3 is 0 Å². The number of pyridine rings is 2. The molecule has 34 heavy (non-hydrogen) atoms. The average molecular weight is 447 g/mol. The summed E-state index contributed by atoms with van der Waals surface area (Å²) in [5, 5.41) is 9.59. The summed E-state index contributed by atoms with van der Waals surface area (Å²) >= 11 is 0. The van der Waals surface area contributed by atoms with Crippen molar-refractivity contribution in [2.75, 3.05) is 0 Å². The quantitative estimate of drug-likeness (QED) is 0.309. The number of benzene rings is 2. The zero-order valence-electron chi connectivity index (χ0n) is 18.8. The minimum Gasteiger partial charge on any atom is -0.267 e. The second-order valence-corrected chi connectivity index (χ2v) is 7.88. The van der Waals surface area contributed by atoms with Crippen molar-refractivity contribution < 1.29 is 4.79 Å². The lowest BCUT2D eigenvalue weighted by atomic mass is 10.1. The van der Waals surface area contributed by atoms with E-state index in [1.165, 1.54) is 0 Å². The van der Waals surface area contributed by atoms with Gasteiger partial charge in [-0.3, -0.25) is 9.78 Å². The Bertz CT molecular complexity index is 1510. The van der Waals surface area contributed by atoms with Gasteiger partial charge in [-0.05, 0) is 49.2 Å². The highest BCUT2D eigenvalue weighted by molar-refractivity contribution is 6.08. The zero-order valence-corrected chi connectivity index (χ0v) is 18.8. The van der Waals surface area contributed by atoms with Gasteiger partial charge in [0.2, 0.25) is 0 Å². The highest BCUT2D eigenvalue weighted by Gasteiger charge is 2.21. The first kappa shape index (κ1) is 21.2. The normalized spacial score (nSPS) is 11.2. The summed E-state index contributed by atoms with van der Waals surface area (Å²) in [5.74, 6) is -0.331. The molecule has 0 atom stereocenters. The van der Waals surface area contributed by atoms with Crippen LogP contribution in [0.5, 0.6) is 0 Å². The Morgan fingerprint density at radius 2 is 1.71 bits per heavy atom. The largest absolute Gasteiger partial charge is 0.272 e. The van der Waals surface area contributed by atoms with Gasteiger partial charge in [0.1, 0.15) is 0 Å². The molecule has 3 heterocycles. The van der Waals surface area contributed by atoms with Gasteiger partial charge in [-0.25, -0.2) is 15.1 Å². The number of carbonyl (C=O) groups excluding carboxylic acids is 1. The van der Waals surface area contributed by atoms with Crippen LogP contribution in [0.15, 0.2) is 90.3 Å². The third-order valence-electron chi connectivity index (χ3n) is 5.56. The van der Waals surface area contributed by atoms with Crippen molar-refractivity contribution in [2.24, 2.45) is 5.10 Å². The van der Waals surface area contributed by atoms with E-state index in [0.717, 1.165) is 22.4 Å². The van der Waals surface area contributed by atoms with E-state index >= 15 is 0 Å². The number of fused-ring (bicyclic) bond motifs is 1. The molecule has 1 amide bonds. The maximum atomic E-state index is 13.3. The Morgan fingerprint density at radius 3 is 2.47 bits per heavy atom. The lowest BCUT2D eigenvalue weighted by Crippen LogP contribution is -2.18. The summed E-state index contributed by atoms with van der Waals surface area (Å²) in [6, 6.07) is 23.1. The second kappa shape index (κ2) is 9.07. The fourth-order valence-corrected chi connectivity index (χ4v) is 3.87. The molecule has 7 heteroatoms. The van der Waals surface area contributed by atoms with Crippen LogP contribution in [0.25, 0.3) is 28.0 Å². The van der Waals surface area contributed by atoms with E-state index in [0.29, 0.717) is 28.0 Å². The van der Waals surface area contributed by atoms with Gasteiger partial charge in [0.05, 0.1) is 34.2 Å². The molecule has 1 N–H and O–H groups in total. The highest BCUT2D eigenvalue weighted by Crippen LogP contribution is 2.29. The number of aryl methyl sites for hydroxylation is 2. The maximum Gasteiger partial charge on any atom is 0.272 e. The molecule has 0 radical (unpaired) electrons. The molecule has 5 rings (SSSR count). The number of hydrogen-bond donors (Lipinski definition) is 1. The number of aromatic nitrogens is 4. The molecule has 0 aliphatic heterocycles. The zero-order chi connectivity index (χ0) is 23.5. The van der Waals surface area contributed by atoms with Gasteiger partial charge in [0.25, 0.3) is 5.91 Å². The molecule has 5 aromatic rings. The lowest BCUT2D eigenvalue weighted by Gasteiger charge is -2.10. The van der Waals surface area contributed by atoms with Crippen LogP contribution in [0.3, 0.4) is 0 Å². The van der Waals surface area contributed by atoms with Crippen molar-refractivity contribution in [3.05, 3.63) is 108 Å². The van der Waals surface area contributed by atoms with Crippen LogP contribution in [-0.4, -0.2) is 31.9 Å². The van der Waals surface area contributed by atoms with Crippen LogP contribution in [0.2, 0.25) is 0 Å². The summed E-state index contributed by atoms with van der Waals surface area (Å²) in [7, 11) is 0. The number of hydrazone groups is 1. The molecular weight excluding hydrogens is 424 g/mol. The van der Waals surface area contributed by atoms with E-state index in [1.807, 2.05) is 80.6 Å². The SMILES string of the molecule is Cc1ccccc1-n1nc(C)c2c(C(=O)N/N=C/c3ccccc3)cc(-c3ccncc3)nc21. The van der Waals surface area contributed by atoms with E-state index in [9.17, 15) is 4.79 Å². The number of para-hydroxylation sites is 1. The van der Waals surface area contributed by atoms with E-state index in [1.54, 1.807) is 29.4 Å². The van der Waals surface area contributed by atoms with Gasteiger partial charge in [-0.1, -0.05) is 48.5 Å². The molecule has 7 nitrogen and oxygen atoms in total. The summed E-state index contributed by atoms with van der Waals surface area (Å²) in [6.45, 7) is 3.91. The molecule has 0 saturated carbocycles. The smallest absolute Gasteiger partial charge is 0.267 e. The summed E-state index contributed by atoms with van der Waals surface area (Å²) in [5.41, 5.74) is 8.81. The lowest BCUT2D eigenvalue weighted by molar-refractivity contribution is 0.0956. The van der Waals surface area contributed by atoms with Crippen molar-refractivity contribution in [3.8, 4) is 16.9 Å². The first-order valence-corrected chi connectivity index (χ1v) is 10.9. The fraction of sp³-hybridized carbons (Fsp3) is 0.0741. The molecule has 166 valence electrons. The van der Waals surface area contributed by atoms with Crippen LogP contribution in [-0.2, 0) is 0 Å². The van der Waals surface area contributed by atoms with Crippen LogP contribution >= 0.6 is 0 Å². The standard InChI is InChI=1S/C27H22N6O/c1-18-8-6-7-11-24(18)33-26-25(19(2)32-33)22(16-23(30-26)21-12-14-28-15-13-21)27(34)31-29-17-20-9-4-3-5-10-20/h3-17H,1-2H3,(H,31,34)/b29-17+. The maximum absolute atomic E-state index is 13.3. The molecule has 0 bridgehead atoms. The van der Waals surface area contributed by atoms with Crippen LogP contribution in [0.4, 0.5) is 0 Å². The van der Waals surface area contributed by atoms with Crippen LogP contribution in [0.1, 0.15) is 27.2 Å². The van der Waals surface area contributed by atoms with E-state index in [4.69, 9.17) is 10.1 Å². The molecule has 0 unspecified atom stereocenters. The summed E-state index contributed by atoms with van der Waals surface area (Å²) in [6.07, 6.45) is 5.02. The number of nitrogens with zero attached hydrogens (tertiary/aromatic N) is 5. The Kier molecular flexibility index (Phi) is 5.66. The predicted molar refractivity (Wildman–Crippen MR) is 133 cm³/mol. The molecule has 2 aromatic carbocycles. The van der Waals surface area contributed by atoms with E-state index in [2.05, 4.69) is 15.5 Å². The van der Waals surface area contributed by atoms with Gasteiger partial charge in [0, 0.05) is 18.0 Å². The monoisotopic (exact) mass is 446 g/mol. The van der Waals surface area contributed by atoms with Crippen LogP contribution < -0.4 is 5.43 Å². The van der Waals surface area contributed by atoms with Gasteiger partial charge < -0.3 is 0 Å². The molecule has 0 saturated heterocycles. The minimum absolute atomic E-state index is 0.331. The Labute approximate surface area is 196 Å². The minimum atomic E-state index is -0.331. The van der Waals surface area contributed by atoms with Gasteiger partial charge in [-0.2, -0.15) is 10.2 Å². The van der Waals surface area contributed by atoms with Gasteiger partial charge in [-0.15, -0.1) is 0 Å². The fourth-order valence-electron chi connectivity index (χ4n) is 3.87. The molecule has 0 aliphatic rings. The molecule has 0 aliphatic carbocycles. The molecule has 0 spiro atoms. The summed E-state index contributed by atoms with van der Waals surface area (Å²) < 4.78 is 1.80. The van der Waals surface area contributed by atoms with Crippen molar-refractivity contribution in [2.45, 2.75) is 13.8 Å². The van der Waals surface area contributed by atoms with Gasteiger partial charge in [0.15, 0.2) is 5.65 Å². The second-order valence-electron chi connectivity index (χ2n) is 7.88. The number of amides is 1. The van der Waals surface area contributed by atoms with E-state index < -0.39 is 0 Å². The van der Waals surface area contributed by atoms with Crippen molar-refractivity contribution >= 4 is 23.2 Å². The third-order valence-corrected chi connectivity index (χ3v) is 5.56. The summed E-state index contributed by atoms with van der Waals surface area (Å²) in [4.78, 5) is 22.3. The Hall–Kier alpha value is -4.65. The van der Waals surface area contributed by atoms with Crippen LogP contribution in [0, 0.1) is 13.8 Å². The number of hydrogen-bond acceptors (Lipinski definition) is 5. The number of rotatable bonds is 5. The van der Waals surface area contributed by atoms with Crippen molar-refractivity contribution in [1.82, 2.24) is 25.2 Å². The van der Waals surface area contributed by atoms with E-state index in [-0.39, 0.29) is 5.91 Å². The first-order chi connectivity index (χ1) is 16.6. The van der Waals surface area contributed by atoms with Crippen molar-refractivity contribution in [3.63, 3.8) is 0 Å². The topological polar surface area (TPSA) is 85.1 Å². The predicted octanol–water partition coefficient (Wildman–Crippen LogP) is 4.86. The molecule has 3 aromatic heterocycles. The first-order valence-electron chi connectivity index (χ1n) is 10.9. The Balaban J connectivity index is 1.65. The highest BCUT2D eigenvalue weighted by atomic mass is 16.2. The third kappa shape index (κ3) is 4.06. The average Bonchev–Trinajstić information content (AvgIpc) is 3.21.